The molecule has 0 atom stereocenters. The molecule has 0 bridgehead atoms. The normalized spacial score (nSPS) is 11.3. The number of nitrogens with one attached hydrogen (secondary N) is 2. The number of ketones is 1. The quantitative estimate of drug-likeness (QED) is 0.539. The fourth-order valence-electron chi connectivity index (χ4n) is 1.68. The van der Waals surface area contributed by atoms with Crippen molar-refractivity contribution in [3.8, 4) is 0 Å². The highest BCUT2D eigenvalue weighted by atomic mass is 79.9. The number of hydrogen-bond donors (Lipinski definition) is 3. The van der Waals surface area contributed by atoms with Crippen LogP contribution in [0.3, 0.4) is 0 Å². The van der Waals surface area contributed by atoms with Gasteiger partial charge in [-0.15, -0.1) is 0 Å². The largest absolute Gasteiger partial charge is 0.383 e. The number of amides is 1. The number of aromatic nitrogens is 2. The summed E-state index contributed by atoms with van der Waals surface area (Å²) in [6.07, 6.45) is 0. The molecule has 2 rings (SSSR count). The first-order valence-corrected chi connectivity index (χ1v) is 7.30. The van der Waals surface area contributed by atoms with Gasteiger partial charge in [-0.3, -0.25) is 14.7 Å². The fraction of sp³-hybridized carbons (Fsp3) is 0.143. The van der Waals surface area contributed by atoms with Gasteiger partial charge in [-0.25, -0.2) is 9.38 Å². The van der Waals surface area contributed by atoms with E-state index in [1.54, 1.807) is 6.07 Å². The van der Waals surface area contributed by atoms with Gasteiger partial charge in [0.2, 0.25) is 0 Å². The van der Waals surface area contributed by atoms with Gasteiger partial charge in [0, 0.05) is 0 Å². The molecule has 0 spiro atoms. The summed E-state index contributed by atoms with van der Waals surface area (Å²) >= 11 is 3.18. The van der Waals surface area contributed by atoms with E-state index in [1.807, 2.05) is 0 Å². The Kier molecular flexibility index (Phi) is 5.22. The molecule has 0 unspecified atom stereocenters. The van der Waals surface area contributed by atoms with Crippen molar-refractivity contribution in [3.05, 3.63) is 45.8 Å². The third-order valence-electron chi connectivity index (χ3n) is 2.79. The number of H-pyrrole nitrogens is 1. The van der Waals surface area contributed by atoms with E-state index in [0.717, 1.165) is 0 Å². The van der Waals surface area contributed by atoms with Gasteiger partial charge in [0.05, 0.1) is 16.6 Å². The van der Waals surface area contributed by atoms with Gasteiger partial charge < -0.3 is 11.1 Å². The Bertz CT molecular complexity index is 787. The Morgan fingerprint density at radius 3 is 2.78 bits per heavy atom. The number of halogens is 2. The molecule has 120 valence electrons. The van der Waals surface area contributed by atoms with Crippen LogP contribution in [0.5, 0.6) is 0 Å². The maximum atomic E-state index is 13.7. The Balaban J connectivity index is 2.25. The second kappa shape index (κ2) is 7.14. The predicted molar refractivity (Wildman–Crippen MR) is 86.1 cm³/mol. The summed E-state index contributed by atoms with van der Waals surface area (Å²) in [5.41, 5.74) is 5.99. The van der Waals surface area contributed by atoms with Crippen LogP contribution in [0.4, 0.5) is 10.2 Å². The van der Waals surface area contributed by atoms with Gasteiger partial charge in [0.1, 0.15) is 23.1 Å². The Hall–Kier alpha value is -2.55. The van der Waals surface area contributed by atoms with E-state index in [9.17, 15) is 14.0 Å². The number of nitrogens with zero attached hydrogens (tertiary/aromatic N) is 2. The highest BCUT2D eigenvalue weighted by molar-refractivity contribution is 9.10. The fourth-order valence-corrected chi connectivity index (χ4v) is 2.13. The smallest absolute Gasteiger partial charge is 0.270 e. The Morgan fingerprint density at radius 2 is 2.13 bits per heavy atom. The van der Waals surface area contributed by atoms with Crippen molar-refractivity contribution in [1.29, 1.82) is 0 Å². The first kappa shape index (κ1) is 16.8. The summed E-state index contributed by atoms with van der Waals surface area (Å²) in [6, 6.07) is 5.90. The summed E-state index contributed by atoms with van der Waals surface area (Å²) in [5.74, 6) is -1.20. The van der Waals surface area contributed by atoms with Crippen LogP contribution in [-0.2, 0) is 4.79 Å². The number of rotatable bonds is 5. The minimum Gasteiger partial charge on any atom is -0.383 e. The number of carbonyl (C=O) groups is 2. The number of aliphatic imine (C=N–C) groups is 1. The zero-order valence-corrected chi connectivity index (χ0v) is 13.6. The summed E-state index contributed by atoms with van der Waals surface area (Å²) in [5, 5.41) is 8.76. The van der Waals surface area contributed by atoms with Crippen molar-refractivity contribution in [1.82, 2.24) is 15.5 Å². The van der Waals surface area contributed by atoms with Crippen molar-refractivity contribution in [2.75, 3.05) is 6.54 Å². The summed E-state index contributed by atoms with van der Waals surface area (Å²) < 4.78 is 13.9. The molecule has 1 aromatic carbocycles. The van der Waals surface area contributed by atoms with Crippen LogP contribution >= 0.6 is 15.9 Å². The van der Waals surface area contributed by atoms with E-state index < -0.39 is 11.7 Å². The first-order valence-electron chi connectivity index (χ1n) is 6.50. The SMILES string of the molecule is CC(=O)CNC(=O)c1[nH]nc(N=C(N)c2ccccc2F)c1Br. The van der Waals surface area contributed by atoms with E-state index >= 15 is 0 Å². The molecule has 1 aromatic heterocycles. The number of nitrogens with two attached hydrogens (primary N) is 1. The van der Waals surface area contributed by atoms with Gasteiger partial charge in [-0.05, 0) is 35.0 Å². The van der Waals surface area contributed by atoms with Crippen LogP contribution in [0.25, 0.3) is 0 Å². The van der Waals surface area contributed by atoms with Crippen LogP contribution in [0, 0.1) is 5.82 Å². The molecule has 0 saturated carbocycles. The summed E-state index contributed by atoms with van der Waals surface area (Å²) in [6.45, 7) is 1.26. The maximum Gasteiger partial charge on any atom is 0.270 e. The molecule has 23 heavy (non-hydrogen) atoms. The zero-order chi connectivity index (χ0) is 17.0. The summed E-state index contributed by atoms with van der Waals surface area (Å²) in [7, 11) is 0. The number of Topliss-reactive ketones (excluding diaryl/α,β-unsaturated/α-hetero) is 1. The lowest BCUT2D eigenvalue weighted by Gasteiger charge is -2.02. The second-order valence-corrected chi connectivity index (χ2v) is 5.39. The van der Waals surface area contributed by atoms with E-state index in [1.165, 1.54) is 25.1 Å². The highest BCUT2D eigenvalue weighted by Crippen LogP contribution is 2.26. The van der Waals surface area contributed by atoms with E-state index in [4.69, 9.17) is 5.73 Å². The second-order valence-electron chi connectivity index (χ2n) is 4.60. The molecule has 9 heteroatoms. The highest BCUT2D eigenvalue weighted by Gasteiger charge is 2.18. The van der Waals surface area contributed by atoms with Crippen LogP contribution in [-0.4, -0.2) is 34.3 Å². The molecule has 4 N–H and O–H groups in total. The monoisotopic (exact) mass is 381 g/mol. The minimum atomic E-state index is -0.523. The van der Waals surface area contributed by atoms with Crippen LogP contribution < -0.4 is 11.1 Å². The minimum absolute atomic E-state index is 0.0778. The van der Waals surface area contributed by atoms with Crippen molar-refractivity contribution in [3.63, 3.8) is 0 Å². The molecular formula is C14H13BrFN5O2. The third-order valence-corrected chi connectivity index (χ3v) is 3.54. The molecule has 0 radical (unpaired) electrons. The molecule has 1 heterocycles. The number of benzene rings is 1. The van der Waals surface area contributed by atoms with Gasteiger partial charge in [0.15, 0.2) is 5.82 Å². The van der Waals surface area contributed by atoms with Crippen molar-refractivity contribution in [2.24, 2.45) is 10.7 Å². The van der Waals surface area contributed by atoms with Gasteiger partial charge >= 0.3 is 0 Å². The standard InChI is InChI=1S/C14H13BrFN5O2/c1-7(22)6-18-14(23)11-10(15)13(21-20-11)19-12(17)8-4-2-3-5-9(8)16/h2-5H,6H2,1H3,(H,18,23)(H3,17,19,20,21). The maximum absolute atomic E-state index is 13.7. The molecule has 0 aliphatic heterocycles. The number of aromatic amines is 1. The lowest BCUT2D eigenvalue weighted by Crippen LogP contribution is -2.28. The summed E-state index contributed by atoms with van der Waals surface area (Å²) in [4.78, 5) is 26.8. The number of hydrogen-bond acceptors (Lipinski definition) is 4. The Labute approximate surface area is 139 Å². The Morgan fingerprint density at radius 1 is 1.43 bits per heavy atom. The van der Waals surface area contributed by atoms with Crippen LogP contribution in [0.15, 0.2) is 33.7 Å². The first-order chi connectivity index (χ1) is 10.9. The molecular weight excluding hydrogens is 369 g/mol. The zero-order valence-electron chi connectivity index (χ0n) is 12.1. The van der Waals surface area contributed by atoms with Gasteiger partial charge in [-0.2, -0.15) is 5.10 Å². The number of carbonyl (C=O) groups excluding carboxylic acids is 2. The predicted octanol–water partition coefficient (Wildman–Crippen LogP) is 1.67. The molecule has 7 nitrogen and oxygen atoms in total. The van der Waals surface area contributed by atoms with Crippen molar-refractivity contribution >= 4 is 39.3 Å². The van der Waals surface area contributed by atoms with Crippen molar-refractivity contribution in [2.45, 2.75) is 6.92 Å². The van der Waals surface area contributed by atoms with Crippen molar-refractivity contribution < 1.29 is 14.0 Å². The third kappa shape index (κ3) is 4.01. The number of amidine groups is 1. The molecule has 1 amide bonds. The molecule has 0 saturated heterocycles. The average molecular weight is 382 g/mol. The molecule has 2 aromatic rings. The average Bonchev–Trinajstić information content (AvgIpc) is 2.86. The molecule has 0 fully saturated rings. The van der Waals surface area contributed by atoms with E-state index in [0.29, 0.717) is 0 Å². The topological polar surface area (TPSA) is 113 Å². The van der Waals surface area contributed by atoms with Gasteiger partial charge in [0.25, 0.3) is 5.91 Å². The molecule has 0 aliphatic rings. The lowest BCUT2D eigenvalue weighted by molar-refractivity contribution is -0.116. The molecule has 0 aliphatic carbocycles. The lowest BCUT2D eigenvalue weighted by atomic mass is 10.2. The van der Waals surface area contributed by atoms with E-state index in [-0.39, 0.29) is 39.7 Å². The van der Waals surface area contributed by atoms with Crippen LogP contribution in [0.2, 0.25) is 0 Å². The van der Waals surface area contributed by atoms with E-state index in [2.05, 4.69) is 36.4 Å². The van der Waals surface area contributed by atoms with Gasteiger partial charge in [-0.1, -0.05) is 12.1 Å². The van der Waals surface area contributed by atoms with Crippen LogP contribution in [0.1, 0.15) is 23.0 Å².